The van der Waals surface area contributed by atoms with E-state index in [0.717, 1.165) is 0 Å². The summed E-state index contributed by atoms with van der Waals surface area (Å²) < 4.78 is 0. The second-order valence-electron chi connectivity index (χ2n) is 4.57. The van der Waals surface area contributed by atoms with E-state index < -0.39 is 5.97 Å². The topological polar surface area (TPSA) is 37.3 Å². The van der Waals surface area contributed by atoms with E-state index in [9.17, 15) is 4.79 Å². The number of thioether (sulfide) groups is 1. The molecule has 0 atom stereocenters. The normalized spacial score (nSPS) is 13.1. The van der Waals surface area contributed by atoms with Crippen LogP contribution in [0.15, 0.2) is 48.5 Å². The summed E-state index contributed by atoms with van der Waals surface area (Å²) in [6, 6.07) is 16.8. The minimum Gasteiger partial charge on any atom is -0.481 e. The maximum atomic E-state index is 10.7. The van der Waals surface area contributed by atoms with Gasteiger partial charge in [-0.25, -0.2) is 0 Å². The van der Waals surface area contributed by atoms with Gasteiger partial charge in [-0.05, 0) is 22.3 Å². The molecule has 0 aromatic heterocycles. The lowest BCUT2D eigenvalue weighted by Gasteiger charge is -2.12. The number of fused-ring (bicyclic) bond motifs is 3. The van der Waals surface area contributed by atoms with Gasteiger partial charge in [0.15, 0.2) is 0 Å². The first-order chi connectivity index (χ1) is 9.27. The van der Waals surface area contributed by atoms with Crippen LogP contribution >= 0.6 is 11.8 Å². The minimum atomic E-state index is -0.730. The predicted molar refractivity (Wildman–Crippen MR) is 78.4 cm³/mol. The van der Waals surface area contributed by atoms with Crippen molar-refractivity contribution in [3.8, 4) is 11.1 Å². The van der Waals surface area contributed by atoms with Crippen molar-refractivity contribution in [3.63, 3.8) is 0 Å². The Hall–Kier alpha value is -1.74. The van der Waals surface area contributed by atoms with E-state index >= 15 is 0 Å². The molecule has 2 nitrogen and oxygen atoms in total. The maximum absolute atomic E-state index is 10.7. The van der Waals surface area contributed by atoms with Crippen molar-refractivity contribution in [2.75, 3.05) is 5.75 Å². The number of carboxylic acid groups (broad SMARTS) is 1. The van der Waals surface area contributed by atoms with Crippen LogP contribution in [0.3, 0.4) is 0 Å². The fourth-order valence-electron chi connectivity index (χ4n) is 2.55. The van der Waals surface area contributed by atoms with Gasteiger partial charge in [-0.15, -0.1) is 11.8 Å². The summed E-state index contributed by atoms with van der Waals surface area (Å²) in [5.41, 5.74) is 5.18. The Morgan fingerprint density at radius 1 is 1.00 bits per heavy atom. The van der Waals surface area contributed by atoms with Crippen LogP contribution < -0.4 is 0 Å². The SMILES string of the molecule is O=C(O)CCSC1c2ccccc2-c2ccccc21. The highest BCUT2D eigenvalue weighted by atomic mass is 32.2. The molecule has 0 bridgehead atoms. The predicted octanol–water partition coefficient (Wildman–Crippen LogP) is 3.96. The second kappa shape index (κ2) is 5.10. The van der Waals surface area contributed by atoms with Crippen LogP contribution in [0.4, 0.5) is 0 Å². The van der Waals surface area contributed by atoms with Crippen LogP contribution in [0.2, 0.25) is 0 Å². The van der Waals surface area contributed by atoms with Crippen LogP contribution in [-0.4, -0.2) is 16.8 Å². The monoisotopic (exact) mass is 270 g/mol. The van der Waals surface area contributed by atoms with E-state index in [1.54, 1.807) is 11.8 Å². The fraction of sp³-hybridized carbons (Fsp3) is 0.188. The van der Waals surface area contributed by atoms with E-state index in [0.29, 0.717) is 5.75 Å². The Kier molecular flexibility index (Phi) is 3.30. The van der Waals surface area contributed by atoms with Gasteiger partial charge in [0.05, 0.1) is 11.7 Å². The van der Waals surface area contributed by atoms with Gasteiger partial charge in [0, 0.05) is 5.75 Å². The van der Waals surface area contributed by atoms with Crippen molar-refractivity contribution >= 4 is 17.7 Å². The molecule has 0 saturated heterocycles. The zero-order valence-electron chi connectivity index (χ0n) is 10.4. The molecule has 0 radical (unpaired) electrons. The molecule has 2 aromatic rings. The number of hydrogen-bond acceptors (Lipinski definition) is 2. The number of benzene rings is 2. The van der Waals surface area contributed by atoms with Crippen molar-refractivity contribution in [1.29, 1.82) is 0 Å². The van der Waals surface area contributed by atoms with Crippen molar-refractivity contribution < 1.29 is 9.90 Å². The van der Waals surface area contributed by atoms with Gasteiger partial charge in [0.2, 0.25) is 0 Å². The van der Waals surface area contributed by atoms with Gasteiger partial charge in [-0.2, -0.15) is 0 Å². The molecule has 0 fully saturated rings. The zero-order chi connectivity index (χ0) is 13.2. The first-order valence-electron chi connectivity index (χ1n) is 6.29. The van der Waals surface area contributed by atoms with E-state index in [-0.39, 0.29) is 11.7 Å². The lowest BCUT2D eigenvalue weighted by molar-refractivity contribution is -0.136. The van der Waals surface area contributed by atoms with E-state index in [2.05, 4.69) is 48.5 Å². The average molecular weight is 270 g/mol. The lowest BCUT2D eigenvalue weighted by Crippen LogP contribution is -1.99. The third kappa shape index (κ3) is 2.26. The Labute approximate surface area is 116 Å². The van der Waals surface area contributed by atoms with Crippen LogP contribution in [0, 0.1) is 0 Å². The molecule has 1 aliphatic carbocycles. The molecule has 3 heteroatoms. The molecule has 0 amide bonds. The van der Waals surface area contributed by atoms with Crippen LogP contribution in [0.1, 0.15) is 22.8 Å². The minimum absolute atomic E-state index is 0.214. The highest BCUT2D eigenvalue weighted by Crippen LogP contribution is 2.49. The van der Waals surface area contributed by atoms with E-state index in [1.807, 2.05) is 0 Å². The quantitative estimate of drug-likeness (QED) is 0.913. The Morgan fingerprint density at radius 3 is 2.05 bits per heavy atom. The summed E-state index contributed by atoms with van der Waals surface area (Å²) in [7, 11) is 0. The highest BCUT2D eigenvalue weighted by molar-refractivity contribution is 7.99. The van der Waals surface area contributed by atoms with Gasteiger partial charge in [-0.3, -0.25) is 4.79 Å². The molecule has 3 rings (SSSR count). The second-order valence-corrected chi connectivity index (χ2v) is 5.78. The average Bonchev–Trinajstić information content (AvgIpc) is 2.74. The summed E-state index contributed by atoms with van der Waals surface area (Å²) >= 11 is 1.72. The Balaban J connectivity index is 1.93. The van der Waals surface area contributed by atoms with Gasteiger partial charge in [0.25, 0.3) is 0 Å². The Bertz CT molecular complexity index is 576. The van der Waals surface area contributed by atoms with Gasteiger partial charge in [0.1, 0.15) is 0 Å². The smallest absolute Gasteiger partial charge is 0.304 e. The number of carbonyl (C=O) groups is 1. The van der Waals surface area contributed by atoms with Crippen LogP contribution in [0.5, 0.6) is 0 Å². The van der Waals surface area contributed by atoms with Gasteiger partial charge in [-0.1, -0.05) is 48.5 Å². The summed E-state index contributed by atoms with van der Waals surface area (Å²) in [5.74, 6) is -0.0880. The van der Waals surface area contributed by atoms with Gasteiger partial charge < -0.3 is 5.11 Å². The molecule has 0 saturated carbocycles. The standard InChI is InChI=1S/C16H14O2S/c17-15(18)9-10-19-16-13-7-3-1-5-11(13)12-6-2-4-8-14(12)16/h1-8,16H,9-10H2,(H,17,18). The maximum Gasteiger partial charge on any atom is 0.304 e. The molecular formula is C16H14O2S. The zero-order valence-corrected chi connectivity index (χ0v) is 11.2. The van der Waals surface area contributed by atoms with E-state index in [4.69, 9.17) is 5.11 Å². The molecule has 0 unspecified atom stereocenters. The van der Waals surface area contributed by atoms with Crippen LogP contribution in [0.25, 0.3) is 11.1 Å². The molecule has 19 heavy (non-hydrogen) atoms. The third-order valence-corrected chi connectivity index (χ3v) is 4.66. The molecule has 1 N–H and O–H groups in total. The van der Waals surface area contributed by atoms with Crippen molar-refractivity contribution in [2.24, 2.45) is 0 Å². The van der Waals surface area contributed by atoms with E-state index in [1.165, 1.54) is 22.3 Å². The molecule has 0 aliphatic heterocycles. The molecule has 96 valence electrons. The lowest BCUT2D eigenvalue weighted by atomic mass is 10.1. The summed E-state index contributed by atoms with van der Waals surface area (Å²) in [4.78, 5) is 10.7. The molecule has 1 aliphatic rings. The first-order valence-corrected chi connectivity index (χ1v) is 7.34. The molecule has 0 spiro atoms. The molecule has 2 aromatic carbocycles. The van der Waals surface area contributed by atoms with Crippen molar-refractivity contribution in [3.05, 3.63) is 59.7 Å². The van der Waals surface area contributed by atoms with Crippen molar-refractivity contribution in [1.82, 2.24) is 0 Å². The summed E-state index contributed by atoms with van der Waals surface area (Å²) in [5, 5.41) is 9.03. The summed E-state index contributed by atoms with van der Waals surface area (Å²) in [6.45, 7) is 0. The Morgan fingerprint density at radius 2 is 1.53 bits per heavy atom. The van der Waals surface area contributed by atoms with Crippen molar-refractivity contribution in [2.45, 2.75) is 11.7 Å². The third-order valence-electron chi connectivity index (χ3n) is 3.38. The molecular weight excluding hydrogens is 256 g/mol. The number of aliphatic carboxylic acids is 1. The largest absolute Gasteiger partial charge is 0.481 e. The number of hydrogen-bond donors (Lipinski definition) is 1. The fourth-order valence-corrected chi connectivity index (χ4v) is 3.85. The molecule has 0 heterocycles. The summed E-state index contributed by atoms with van der Waals surface area (Å²) in [6.07, 6.45) is 0.214. The van der Waals surface area contributed by atoms with Gasteiger partial charge >= 0.3 is 5.97 Å². The number of rotatable bonds is 4. The van der Waals surface area contributed by atoms with Crippen LogP contribution in [-0.2, 0) is 4.79 Å². The number of carboxylic acids is 1. The highest BCUT2D eigenvalue weighted by Gasteiger charge is 2.27. The first kappa shape index (κ1) is 12.3.